The van der Waals surface area contributed by atoms with Gasteiger partial charge in [-0.25, -0.2) is 9.78 Å². The van der Waals surface area contributed by atoms with Crippen molar-refractivity contribution in [2.75, 3.05) is 38.2 Å². The number of fused-ring (bicyclic) bond motifs is 2. The monoisotopic (exact) mass is 524 g/mol. The molecule has 2 aromatic heterocycles. The minimum atomic E-state index is -0.373. The zero-order valence-electron chi connectivity index (χ0n) is 22.5. The van der Waals surface area contributed by atoms with Crippen molar-refractivity contribution in [2.24, 2.45) is 14.1 Å². The molecule has 200 valence electrons. The largest absolute Gasteiger partial charge is 0.497 e. The number of methoxy groups -OCH3 is 1. The zero-order valence-corrected chi connectivity index (χ0v) is 22.5. The topological polar surface area (TPSA) is 77.5 Å². The third-order valence-corrected chi connectivity index (χ3v) is 7.81. The molecule has 0 unspecified atom stereocenters. The third-order valence-electron chi connectivity index (χ3n) is 7.81. The van der Waals surface area contributed by atoms with Gasteiger partial charge in [0.25, 0.3) is 5.56 Å². The molecule has 1 fully saturated rings. The number of rotatable bonds is 6. The number of aromatic nitrogens is 4. The molecule has 0 spiro atoms. The van der Waals surface area contributed by atoms with Gasteiger partial charge < -0.3 is 14.2 Å². The molecule has 9 heteroatoms. The van der Waals surface area contributed by atoms with E-state index in [1.165, 1.54) is 21.9 Å². The Morgan fingerprint density at radius 2 is 1.54 bits per heavy atom. The van der Waals surface area contributed by atoms with E-state index in [9.17, 15) is 9.59 Å². The summed E-state index contributed by atoms with van der Waals surface area (Å²) in [6.45, 7) is 4.58. The van der Waals surface area contributed by atoms with Crippen LogP contribution in [0.15, 0.2) is 76.3 Å². The first kappa shape index (κ1) is 24.9. The van der Waals surface area contributed by atoms with Crippen LogP contribution in [0.25, 0.3) is 21.9 Å². The van der Waals surface area contributed by atoms with E-state index in [2.05, 4.69) is 46.2 Å². The van der Waals surface area contributed by atoms with Crippen molar-refractivity contribution < 1.29 is 4.74 Å². The number of nitrogens with zero attached hydrogens (tertiary/aromatic N) is 6. The van der Waals surface area contributed by atoms with E-state index in [1.54, 1.807) is 14.2 Å². The maximum atomic E-state index is 13.4. The number of piperazine rings is 1. The molecule has 1 aliphatic rings. The van der Waals surface area contributed by atoms with Gasteiger partial charge in [0.05, 0.1) is 20.2 Å². The molecule has 9 nitrogen and oxygen atoms in total. The second-order valence-corrected chi connectivity index (χ2v) is 10.1. The van der Waals surface area contributed by atoms with Gasteiger partial charge in [0, 0.05) is 46.0 Å². The highest BCUT2D eigenvalue weighted by molar-refractivity contribution is 5.86. The number of hydrogen-bond donors (Lipinski definition) is 0. The summed E-state index contributed by atoms with van der Waals surface area (Å²) in [5, 5.41) is 2.29. The van der Waals surface area contributed by atoms with E-state index in [0.29, 0.717) is 24.3 Å². The Bertz CT molecular complexity index is 1770. The van der Waals surface area contributed by atoms with Gasteiger partial charge in [-0.05, 0) is 40.6 Å². The minimum Gasteiger partial charge on any atom is -0.497 e. The van der Waals surface area contributed by atoms with Crippen molar-refractivity contribution >= 4 is 27.6 Å². The smallest absolute Gasteiger partial charge is 0.332 e. The van der Waals surface area contributed by atoms with E-state index in [-0.39, 0.29) is 11.2 Å². The van der Waals surface area contributed by atoms with Crippen LogP contribution in [0.1, 0.15) is 11.4 Å². The summed E-state index contributed by atoms with van der Waals surface area (Å²) in [5.41, 5.74) is 2.47. The van der Waals surface area contributed by atoms with Crippen LogP contribution in [-0.2, 0) is 27.2 Å². The highest BCUT2D eigenvalue weighted by atomic mass is 16.5. The molecular weight excluding hydrogens is 492 g/mol. The molecule has 0 aliphatic carbocycles. The lowest BCUT2D eigenvalue weighted by molar-refractivity contribution is 0.241. The molecule has 3 aromatic carbocycles. The molecule has 0 amide bonds. The van der Waals surface area contributed by atoms with Gasteiger partial charge in [0.1, 0.15) is 11.6 Å². The molecule has 39 heavy (non-hydrogen) atoms. The second-order valence-electron chi connectivity index (χ2n) is 10.1. The van der Waals surface area contributed by atoms with Crippen LogP contribution in [0.4, 0.5) is 5.69 Å². The Morgan fingerprint density at radius 1 is 0.821 bits per heavy atom. The third kappa shape index (κ3) is 4.48. The lowest BCUT2D eigenvalue weighted by Gasteiger charge is -2.36. The van der Waals surface area contributed by atoms with Crippen molar-refractivity contribution in [1.82, 2.24) is 23.6 Å². The quantitative estimate of drug-likeness (QED) is 0.340. The van der Waals surface area contributed by atoms with Crippen molar-refractivity contribution in [1.29, 1.82) is 0 Å². The molecule has 0 N–H and O–H groups in total. The molecule has 0 bridgehead atoms. The first-order valence-electron chi connectivity index (χ1n) is 13.2. The van der Waals surface area contributed by atoms with Crippen molar-refractivity contribution in [3.8, 4) is 5.75 Å². The maximum Gasteiger partial charge on any atom is 0.332 e. The molecule has 1 saturated heterocycles. The van der Waals surface area contributed by atoms with E-state index in [4.69, 9.17) is 9.72 Å². The normalized spacial score (nSPS) is 14.4. The van der Waals surface area contributed by atoms with Gasteiger partial charge in [-0.1, -0.05) is 42.5 Å². The Morgan fingerprint density at radius 3 is 2.28 bits per heavy atom. The minimum absolute atomic E-state index is 0.323. The SMILES string of the molecule is COc1ccc(N2CCN(Cc3nc4c(c(=O)n(C)c(=O)n4C)n3Cc3cccc4ccccc34)CC2)cc1. The van der Waals surface area contributed by atoms with Crippen molar-refractivity contribution in [3.05, 3.63) is 99.0 Å². The van der Waals surface area contributed by atoms with Gasteiger partial charge in [0.2, 0.25) is 0 Å². The van der Waals surface area contributed by atoms with Gasteiger partial charge in [-0.15, -0.1) is 0 Å². The van der Waals surface area contributed by atoms with E-state index < -0.39 is 0 Å². The number of anilines is 1. The van der Waals surface area contributed by atoms with Crippen LogP contribution in [0, 0.1) is 0 Å². The Balaban J connectivity index is 1.34. The molecule has 6 rings (SSSR count). The summed E-state index contributed by atoms with van der Waals surface area (Å²) >= 11 is 0. The molecular formula is C30H32N6O3. The first-order chi connectivity index (χ1) is 18.9. The second kappa shape index (κ2) is 10.1. The highest BCUT2D eigenvalue weighted by Gasteiger charge is 2.23. The summed E-state index contributed by atoms with van der Waals surface area (Å²) in [7, 11) is 4.88. The van der Waals surface area contributed by atoms with Crippen molar-refractivity contribution in [2.45, 2.75) is 13.1 Å². The number of ether oxygens (including phenoxy) is 1. The Kier molecular flexibility index (Phi) is 6.44. The zero-order chi connectivity index (χ0) is 27.1. The fourth-order valence-electron chi connectivity index (χ4n) is 5.54. The summed E-state index contributed by atoms with van der Waals surface area (Å²) in [6, 6.07) is 22.7. The molecule has 0 radical (unpaired) electrons. The Labute approximate surface area is 226 Å². The van der Waals surface area contributed by atoms with E-state index >= 15 is 0 Å². The molecule has 3 heterocycles. The highest BCUT2D eigenvalue weighted by Crippen LogP contribution is 2.24. The van der Waals surface area contributed by atoms with Crippen LogP contribution >= 0.6 is 0 Å². The average molecular weight is 525 g/mol. The van der Waals surface area contributed by atoms with E-state index in [0.717, 1.165) is 54.1 Å². The fourth-order valence-corrected chi connectivity index (χ4v) is 5.54. The summed E-state index contributed by atoms with van der Waals surface area (Å²) < 4.78 is 9.94. The summed E-state index contributed by atoms with van der Waals surface area (Å²) in [5.74, 6) is 1.64. The van der Waals surface area contributed by atoms with Crippen LogP contribution < -0.4 is 20.9 Å². The first-order valence-corrected chi connectivity index (χ1v) is 13.2. The maximum absolute atomic E-state index is 13.4. The number of imidazole rings is 1. The predicted octanol–water partition coefficient (Wildman–Crippen LogP) is 2.97. The average Bonchev–Trinajstić information content (AvgIpc) is 3.33. The molecule has 0 saturated carbocycles. The van der Waals surface area contributed by atoms with Gasteiger partial charge in [0.15, 0.2) is 11.2 Å². The van der Waals surface area contributed by atoms with Gasteiger partial charge in [-0.3, -0.25) is 18.8 Å². The summed E-state index contributed by atoms with van der Waals surface area (Å²) in [6.07, 6.45) is 0. The van der Waals surface area contributed by atoms with Crippen LogP contribution in [0.3, 0.4) is 0 Å². The standard InChI is InChI=1S/C30H32N6O3/c1-32-28-27(29(37)33(2)30(32)38)36(19-22-9-6-8-21-7-4-5-10-25(21)22)26(31-28)20-34-15-17-35(18-16-34)23-11-13-24(39-3)14-12-23/h4-14H,15-20H2,1-3H3. The van der Waals surface area contributed by atoms with Crippen LogP contribution in [0.2, 0.25) is 0 Å². The van der Waals surface area contributed by atoms with Crippen LogP contribution in [-0.4, -0.2) is 56.9 Å². The van der Waals surface area contributed by atoms with E-state index in [1.807, 2.05) is 34.9 Å². The molecule has 5 aromatic rings. The van der Waals surface area contributed by atoms with Gasteiger partial charge >= 0.3 is 5.69 Å². The molecule has 1 aliphatic heterocycles. The molecule has 0 atom stereocenters. The lowest BCUT2D eigenvalue weighted by Crippen LogP contribution is -2.46. The fraction of sp³-hybridized carbons (Fsp3) is 0.300. The predicted molar refractivity (Wildman–Crippen MR) is 154 cm³/mol. The lowest BCUT2D eigenvalue weighted by atomic mass is 10.0. The number of aryl methyl sites for hydroxylation is 1. The Hall–Kier alpha value is -4.37. The summed E-state index contributed by atoms with van der Waals surface area (Å²) in [4.78, 5) is 35.7. The van der Waals surface area contributed by atoms with Gasteiger partial charge in [-0.2, -0.15) is 0 Å². The number of hydrogen-bond acceptors (Lipinski definition) is 6. The number of benzene rings is 3. The van der Waals surface area contributed by atoms with Crippen LogP contribution in [0.5, 0.6) is 5.75 Å². The van der Waals surface area contributed by atoms with Crippen molar-refractivity contribution in [3.63, 3.8) is 0 Å².